The summed E-state index contributed by atoms with van der Waals surface area (Å²) in [7, 11) is 0. The number of nitrogens with zero attached hydrogens (tertiary/aromatic N) is 2. The Morgan fingerprint density at radius 3 is 2.59 bits per heavy atom. The SMILES string of the molecule is N/C=C\SNC(=O)N1CCN(C2CNC2)CC1. The molecule has 0 aliphatic carbocycles. The van der Waals surface area contributed by atoms with E-state index < -0.39 is 0 Å². The number of hydrogen-bond donors (Lipinski definition) is 3. The second kappa shape index (κ2) is 6.13. The van der Waals surface area contributed by atoms with E-state index in [1.807, 2.05) is 4.90 Å². The van der Waals surface area contributed by atoms with Crippen molar-refractivity contribution in [2.75, 3.05) is 39.3 Å². The van der Waals surface area contributed by atoms with Crippen molar-refractivity contribution in [3.63, 3.8) is 0 Å². The van der Waals surface area contributed by atoms with Gasteiger partial charge in [0.05, 0.1) is 0 Å². The standard InChI is InChI=1S/C10H19N5OS/c11-1-6-17-13-10(16)15-4-2-14(3-5-15)9-7-12-8-9/h1,6,9,12H,2-5,7-8,11H2,(H,13,16)/b6-1-. The monoisotopic (exact) mass is 257 g/mol. The highest BCUT2D eigenvalue weighted by atomic mass is 32.2. The van der Waals surface area contributed by atoms with Crippen LogP contribution in [0, 0.1) is 0 Å². The Balaban J connectivity index is 1.68. The van der Waals surface area contributed by atoms with Crippen molar-refractivity contribution in [2.45, 2.75) is 6.04 Å². The summed E-state index contributed by atoms with van der Waals surface area (Å²) in [6.45, 7) is 5.71. The lowest BCUT2D eigenvalue weighted by molar-refractivity contribution is 0.0860. The van der Waals surface area contributed by atoms with Gasteiger partial charge in [-0.3, -0.25) is 9.62 Å². The van der Waals surface area contributed by atoms with Gasteiger partial charge in [0, 0.05) is 56.9 Å². The normalized spacial score (nSPS) is 22.7. The maximum Gasteiger partial charge on any atom is 0.327 e. The van der Waals surface area contributed by atoms with E-state index in [4.69, 9.17) is 5.73 Å². The number of piperazine rings is 1. The van der Waals surface area contributed by atoms with Gasteiger partial charge in [-0.25, -0.2) is 4.79 Å². The van der Waals surface area contributed by atoms with Gasteiger partial charge < -0.3 is 16.0 Å². The molecule has 2 heterocycles. The fraction of sp³-hybridized carbons (Fsp3) is 0.700. The van der Waals surface area contributed by atoms with Crippen LogP contribution in [0.1, 0.15) is 0 Å². The molecule has 0 aromatic heterocycles. The number of urea groups is 1. The van der Waals surface area contributed by atoms with Gasteiger partial charge in [0.2, 0.25) is 0 Å². The first kappa shape index (κ1) is 12.5. The lowest BCUT2D eigenvalue weighted by Crippen LogP contribution is -2.62. The van der Waals surface area contributed by atoms with Crippen LogP contribution in [0.5, 0.6) is 0 Å². The number of carbonyl (C=O) groups is 1. The lowest BCUT2D eigenvalue weighted by Gasteiger charge is -2.43. The maximum absolute atomic E-state index is 11.7. The van der Waals surface area contributed by atoms with E-state index in [2.05, 4.69) is 14.9 Å². The third-order valence-corrected chi connectivity index (χ3v) is 3.76. The van der Waals surface area contributed by atoms with E-state index >= 15 is 0 Å². The van der Waals surface area contributed by atoms with Crippen LogP contribution in [0.3, 0.4) is 0 Å². The summed E-state index contributed by atoms with van der Waals surface area (Å²) < 4.78 is 2.73. The smallest absolute Gasteiger partial charge is 0.327 e. The summed E-state index contributed by atoms with van der Waals surface area (Å²) in [5.41, 5.74) is 5.19. The molecular formula is C10H19N5OS. The molecule has 7 heteroatoms. The molecule has 0 bridgehead atoms. The molecule has 17 heavy (non-hydrogen) atoms. The van der Waals surface area contributed by atoms with E-state index in [9.17, 15) is 4.79 Å². The van der Waals surface area contributed by atoms with Crippen LogP contribution in [0.4, 0.5) is 4.79 Å². The molecule has 2 fully saturated rings. The number of rotatable bonds is 3. The second-order valence-corrected chi connectivity index (χ2v) is 4.90. The summed E-state index contributed by atoms with van der Waals surface area (Å²) >= 11 is 1.21. The Kier molecular flexibility index (Phi) is 4.52. The van der Waals surface area contributed by atoms with E-state index in [1.54, 1.807) is 5.41 Å². The largest absolute Gasteiger partial charge is 0.404 e. The summed E-state index contributed by atoms with van der Waals surface area (Å²) in [4.78, 5) is 16.0. The molecule has 0 aromatic rings. The minimum absolute atomic E-state index is 0.0283. The highest BCUT2D eigenvalue weighted by Gasteiger charge is 2.28. The van der Waals surface area contributed by atoms with Crippen LogP contribution in [0.25, 0.3) is 0 Å². The summed E-state index contributed by atoms with van der Waals surface area (Å²) in [5.74, 6) is 0. The van der Waals surface area contributed by atoms with Crippen molar-refractivity contribution in [1.29, 1.82) is 0 Å². The van der Waals surface area contributed by atoms with Gasteiger partial charge in [0.15, 0.2) is 0 Å². The van der Waals surface area contributed by atoms with Crippen molar-refractivity contribution in [3.05, 3.63) is 11.6 Å². The number of hydrogen-bond acceptors (Lipinski definition) is 5. The highest BCUT2D eigenvalue weighted by molar-refractivity contribution is 8.00. The van der Waals surface area contributed by atoms with E-state index in [0.717, 1.165) is 39.3 Å². The molecule has 0 saturated carbocycles. The quantitative estimate of drug-likeness (QED) is 0.587. The van der Waals surface area contributed by atoms with Crippen LogP contribution in [-0.4, -0.2) is 61.1 Å². The van der Waals surface area contributed by atoms with E-state index in [1.165, 1.54) is 18.1 Å². The molecule has 0 aromatic carbocycles. The van der Waals surface area contributed by atoms with Gasteiger partial charge in [0.25, 0.3) is 0 Å². The number of nitrogens with one attached hydrogen (secondary N) is 2. The fourth-order valence-electron chi connectivity index (χ4n) is 2.01. The number of carbonyl (C=O) groups excluding carboxylic acids is 1. The van der Waals surface area contributed by atoms with Crippen molar-refractivity contribution in [3.8, 4) is 0 Å². The van der Waals surface area contributed by atoms with Crippen LogP contribution < -0.4 is 15.8 Å². The summed E-state index contributed by atoms with van der Waals surface area (Å²) in [6.07, 6.45) is 1.41. The molecule has 2 amide bonds. The summed E-state index contributed by atoms with van der Waals surface area (Å²) in [5, 5.41) is 4.92. The molecule has 2 aliphatic heterocycles. The van der Waals surface area contributed by atoms with Gasteiger partial charge >= 0.3 is 6.03 Å². The Hall–Kier alpha value is -0.920. The van der Waals surface area contributed by atoms with Crippen molar-refractivity contribution in [2.24, 2.45) is 5.73 Å². The van der Waals surface area contributed by atoms with E-state index in [-0.39, 0.29) is 6.03 Å². The molecular weight excluding hydrogens is 238 g/mol. The highest BCUT2D eigenvalue weighted by Crippen LogP contribution is 2.10. The van der Waals surface area contributed by atoms with Crippen molar-refractivity contribution in [1.82, 2.24) is 19.8 Å². The minimum atomic E-state index is -0.0283. The van der Waals surface area contributed by atoms with Crippen LogP contribution in [0.2, 0.25) is 0 Å². The third kappa shape index (κ3) is 3.27. The molecule has 4 N–H and O–H groups in total. The topological polar surface area (TPSA) is 73.6 Å². The first-order valence-electron chi connectivity index (χ1n) is 5.83. The first-order chi connectivity index (χ1) is 8.31. The van der Waals surface area contributed by atoms with Crippen LogP contribution in [-0.2, 0) is 0 Å². The predicted molar refractivity (Wildman–Crippen MR) is 69.3 cm³/mol. The molecule has 0 unspecified atom stereocenters. The predicted octanol–water partition coefficient (Wildman–Crippen LogP) is -0.636. The Morgan fingerprint density at radius 2 is 2.06 bits per heavy atom. The van der Waals surface area contributed by atoms with Crippen LogP contribution in [0.15, 0.2) is 11.6 Å². The molecule has 0 spiro atoms. The Morgan fingerprint density at radius 1 is 1.35 bits per heavy atom. The molecule has 6 nitrogen and oxygen atoms in total. The van der Waals surface area contributed by atoms with E-state index in [0.29, 0.717) is 6.04 Å². The van der Waals surface area contributed by atoms with Gasteiger partial charge in [-0.15, -0.1) is 0 Å². The Bertz CT molecular complexity index is 286. The minimum Gasteiger partial charge on any atom is -0.404 e. The lowest BCUT2D eigenvalue weighted by atomic mass is 10.1. The number of amides is 2. The molecule has 2 saturated heterocycles. The fourth-order valence-corrected chi connectivity index (χ4v) is 2.39. The maximum atomic E-state index is 11.7. The Labute approximate surface area is 106 Å². The third-order valence-electron chi connectivity index (χ3n) is 3.17. The molecule has 96 valence electrons. The van der Waals surface area contributed by atoms with Gasteiger partial charge in [0.1, 0.15) is 0 Å². The molecule has 2 aliphatic rings. The zero-order valence-corrected chi connectivity index (χ0v) is 10.6. The first-order valence-corrected chi connectivity index (χ1v) is 6.71. The van der Waals surface area contributed by atoms with Gasteiger partial charge in [-0.2, -0.15) is 0 Å². The van der Waals surface area contributed by atoms with Crippen LogP contribution >= 0.6 is 11.9 Å². The zero-order valence-electron chi connectivity index (χ0n) is 9.76. The summed E-state index contributed by atoms with van der Waals surface area (Å²) in [6, 6.07) is 0.647. The van der Waals surface area contributed by atoms with Gasteiger partial charge in [-0.1, -0.05) is 0 Å². The molecule has 0 radical (unpaired) electrons. The average Bonchev–Trinajstić information content (AvgIpc) is 2.28. The molecule has 2 rings (SSSR count). The van der Waals surface area contributed by atoms with Gasteiger partial charge in [-0.05, 0) is 11.9 Å². The van der Waals surface area contributed by atoms with Crippen molar-refractivity contribution < 1.29 is 4.79 Å². The molecule has 0 atom stereocenters. The second-order valence-electron chi connectivity index (χ2n) is 4.19. The number of nitrogens with two attached hydrogens (primary N) is 1. The zero-order chi connectivity index (χ0) is 12.1. The van der Waals surface area contributed by atoms with Crippen molar-refractivity contribution >= 4 is 18.0 Å². The average molecular weight is 257 g/mol.